The number of thioether (sulfide) groups is 1. The van der Waals surface area contributed by atoms with Crippen molar-refractivity contribution in [3.63, 3.8) is 0 Å². The maximum Gasteiger partial charge on any atom is 0.255 e. The van der Waals surface area contributed by atoms with Crippen molar-refractivity contribution >= 4 is 22.7 Å². The molecule has 1 aliphatic heterocycles. The van der Waals surface area contributed by atoms with E-state index in [0.29, 0.717) is 16.3 Å². The van der Waals surface area contributed by atoms with E-state index in [1.165, 1.54) is 17.3 Å². The van der Waals surface area contributed by atoms with Gasteiger partial charge in [-0.05, 0) is 48.9 Å². The van der Waals surface area contributed by atoms with Crippen LogP contribution in [-0.4, -0.2) is 9.55 Å². The molecular weight excluding hydrogens is 330 g/mol. The third kappa shape index (κ3) is 2.63. The van der Waals surface area contributed by atoms with Crippen LogP contribution in [0.2, 0.25) is 0 Å². The Balaban J connectivity index is 1.74. The highest BCUT2D eigenvalue weighted by Gasteiger charge is 2.18. The monoisotopic (exact) mass is 347 g/mol. The molecule has 0 unspecified atom stereocenters. The molecule has 25 heavy (non-hydrogen) atoms. The summed E-state index contributed by atoms with van der Waals surface area (Å²) >= 11 is 1.47. The lowest BCUT2D eigenvalue weighted by Crippen LogP contribution is -2.21. The highest BCUT2D eigenvalue weighted by Crippen LogP contribution is 2.29. The van der Waals surface area contributed by atoms with Gasteiger partial charge in [0, 0.05) is 23.6 Å². The van der Waals surface area contributed by atoms with Gasteiger partial charge in [0.05, 0.1) is 11.1 Å². The van der Waals surface area contributed by atoms with E-state index < -0.39 is 0 Å². The summed E-state index contributed by atoms with van der Waals surface area (Å²) in [6, 6.07) is 12.3. The summed E-state index contributed by atoms with van der Waals surface area (Å²) in [5, 5.41) is 11.2. The van der Waals surface area contributed by atoms with Gasteiger partial charge in [-0.1, -0.05) is 18.2 Å². The Labute approximate surface area is 150 Å². The van der Waals surface area contributed by atoms with Crippen molar-refractivity contribution in [3.05, 3.63) is 68.6 Å². The first-order valence-electron chi connectivity index (χ1n) is 8.24. The number of hydrogen-bond donors (Lipinski definition) is 0. The van der Waals surface area contributed by atoms with Crippen molar-refractivity contribution in [3.8, 4) is 6.07 Å². The zero-order valence-corrected chi connectivity index (χ0v) is 15.0. The number of aryl methyl sites for hydroxylation is 4. The predicted molar refractivity (Wildman–Crippen MR) is 99.9 cm³/mol. The zero-order valence-electron chi connectivity index (χ0n) is 14.2. The quantitative estimate of drug-likeness (QED) is 0.677. The summed E-state index contributed by atoms with van der Waals surface area (Å²) in [6.45, 7) is 4.59. The lowest BCUT2D eigenvalue weighted by molar-refractivity contribution is 0.736. The van der Waals surface area contributed by atoms with Gasteiger partial charge < -0.3 is 4.57 Å². The molecule has 0 amide bonds. The van der Waals surface area contributed by atoms with Gasteiger partial charge in [0.2, 0.25) is 0 Å². The largest absolute Gasteiger partial charge is 0.307 e. The fourth-order valence-corrected chi connectivity index (χ4v) is 4.58. The minimum absolute atomic E-state index is 0.0767. The highest BCUT2D eigenvalue weighted by atomic mass is 32.2. The summed E-state index contributed by atoms with van der Waals surface area (Å²) in [6.07, 6.45) is 0.917. The van der Waals surface area contributed by atoms with Crippen LogP contribution in [0.25, 0.3) is 10.9 Å². The predicted octanol–water partition coefficient (Wildman–Crippen LogP) is 3.73. The standard InChI is InChI=1S/C20H17N3OS/c1-12-8-13(2)22-19(17(12)10-21)25-11-16-9-15-5-3-4-14-6-7-23(18(14)15)20(16)24/h3-5,8-9H,6-7,11H2,1-2H3. The van der Waals surface area contributed by atoms with Crippen molar-refractivity contribution in [1.29, 1.82) is 5.26 Å². The van der Waals surface area contributed by atoms with Crippen LogP contribution >= 0.6 is 11.8 Å². The molecule has 0 atom stereocenters. The summed E-state index contributed by atoms with van der Waals surface area (Å²) in [5.74, 6) is 0.517. The van der Waals surface area contributed by atoms with Crippen LogP contribution in [0.3, 0.4) is 0 Å². The Morgan fingerprint density at radius 1 is 1.32 bits per heavy atom. The number of nitriles is 1. The van der Waals surface area contributed by atoms with Crippen LogP contribution in [0.1, 0.15) is 27.9 Å². The third-order valence-corrected chi connectivity index (χ3v) is 5.69. The maximum absolute atomic E-state index is 12.8. The van der Waals surface area contributed by atoms with E-state index in [9.17, 15) is 10.1 Å². The molecule has 0 fully saturated rings. The Morgan fingerprint density at radius 3 is 2.96 bits per heavy atom. The molecule has 124 valence electrons. The van der Waals surface area contributed by atoms with E-state index in [1.54, 1.807) is 0 Å². The summed E-state index contributed by atoms with van der Waals surface area (Å²) in [5.41, 5.74) is 5.58. The van der Waals surface area contributed by atoms with Gasteiger partial charge in [0.25, 0.3) is 5.56 Å². The van der Waals surface area contributed by atoms with Crippen LogP contribution in [-0.2, 0) is 18.7 Å². The Morgan fingerprint density at radius 2 is 2.16 bits per heavy atom. The number of nitrogens with zero attached hydrogens (tertiary/aromatic N) is 3. The molecule has 3 heterocycles. The fourth-order valence-electron chi connectivity index (χ4n) is 3.52. The van der Waals surface area contributed by atoms with E-state index in [1.807, 2.05) is 36.6 Å². The molecular formula is C20H17N3OS. The van der Waals surface area contributed by atoms with Gasteiger partial charge >= 0.3 is 0 Å². The van der Waals surface area contributed by atoms with E-state index >= 15 is 0 Å². The van der Waals surface area contributed by atoms with Gasteiger partial charge in [-0.15, -0.1) is 11.8 Å². The molecule has 0 radical (unpaired) electrons. The van der Waals surface area contributed by atoms with E-state index in [4.69, 9.17) is 0 Å². The molecule has 1 aliphatic rings. The van der Waals surface area contributed by atoms with E-state index in [-0.39, 0.29) is 5.56 Å². The van der Waals surface area contributed by atoms with Crippen molar-refractivity contribution in [2.75, 3.05) is 0 Å². The van der Waals surface area contributed by atoms with Crippen molar-refractivity contribution in [2.45, 2.75) is 37.6 Å². The Hall–Kier alpha value is -2.58. The molecule has 2 aromatic heterocycles. The lowest BCUT2D eigenvalue weighted by atomic mass is 10.1. The van der Waals surface area contributed by atoms with E-state index in [0.717, 1.165) is 40.7 Å². The lowest BCUT2D eigenvalue weighted by Gasteiger charge is -2.10. The second kappa shape index (κ2) is 6.05. The summed E-state index contributed by atoms with van der Waals surface area (Å²) in [7, 11) is 0. The number of rotatable bonds is 3. The number of benzene rings is 1. The second-order valence-corrected chi connectivity index (χ2v) is 7.36. The molecule has 4 rings (SSSR count). The SMILES string of the molecule is Cc1cc(C)c(C#N)c(SCc2cc3cccc4c3n(c2=O)CC4)n1. The Bertz CT molecular complexity index is 1110. The van der Waals surface area contributed by atoms with Gasteiger partial charge in [0.15, 0.2) is 0 Å². The Kier molecular flexibility index (Phi) is 3.85. The first-order chi connectivity index (χ1) is 12.1. The van der Waals surface area contributed by atoms with Gasteiger partial charge in [-0.25, -0.2) is 4.98 Å². The molecule has 0 saturated carbocycles. The van der Waals surface area contributed by atoms with Crippen LogP contribution in [0.15, 0.2) is 40.2 Å². The molecule has 0 aliphatic carbocycles. The number of hydrogen-bond acceptors (Lipinski definition) is 4. The molecule has 0 saturated heterocycles. The average molecular weight is 347 g/mol. The van der Waals surface area contributed by atoms with Crippen LogP contribution in [0.4, 0.5) is 0 Å². The molecule has 0 spiro atoms. The molecule has 5 heteroatoms. The van der Waals surface area contributed by atoms with Gasteiger partial charge in [-0.3, -0.25) is 4.79 Å². The summed E-state index contributed by atoms with van der Waals surface area (Å²) in [4.78, 5) is 17.3. The van der Waals surface area contributed by atoms with Crippen LogP contribution in [0, 0.1) is 25.2 Å². The van der Waals surface area contributed by atoms with Crippen molar-refractivity contribution < 1.29 is 0 Å². The number of para-hydroxylation sites is 1. The number of pyridine rings is 2. The van der Waals surface area contributed by atoms with Gasteiger partial charge in [0.1, 0.15) is 11.1 Å². The number of aromatic nitrogens is 2. The van der Waals surface area contributed by atoms with Crippen LogP contribution in [0.5, 0.6) is 0 Å². The molecule has 4 nitrogen and oxygen atoms in total. The third-order valence-electron chi connectivity index (χ3n) is 4.66. The smallest absolute Gasteiger partial charge is 0.255 e. The fraction of sp³-hybridized carbons (Fsp3) is 0.250. The molecule has 1 aromatic carbocycles. The maximum atomic E-state index is 12.8. The zero-order chi connectivity index (χ0) is 17.6. The average Bonchev–Trinajstić information content (AvgIpc) is 3.02. The normalized spacial score (nSPS) is 12.5. The minimum Gasteiger partial charge on any atom is -0.307 e. The van der Waals surface area contributed by atoms with Gasteiger partial charge in [-0.2, -0.15) is 5.26 Å². The topological polar surface area (TPSA) is 58.7 Å². The van der Waals surface area contributed by atoms with E-state index in [2.05, 4.69) is 23.2 Å². The van der Waals surface area contributed by atoms with Crippen LogP contribution < -0.4 is 5.56 Å². The molecule has 0 N–H and O–H groups in total. The van der Waals surface area contributed by atoms with Crippen molar-refractivity contribution in [1.82, 2.24) is 9.55 Å². The molecule has 0 bridgehead atoms. The minimum atomic E-state index is 0.0767. The molecule has 3 aromatic rings. The highest BCUT2D eigenvalue weighted by molar-refractivity contribution is 7.98. The van der Waals surface area contributed by atoms with Crippen molar-refractivity contribution in [2.24, 2.45) is 0 Å². The summed E-state index contributed by atoms with van der Waals surface area (Å²) < 4.78 is 1.89. The first kappa shape index (κ1) is 15.9. The first-order valence-corrected chi connectivity index (χ1v) is 9.22. The second-order valence-electron chi connectivity index (χ2n) is 6.39.